The number of hydrogen-bond acceptors (Lipinski definition) is 6. The molecule has 6 nitrogen and oxygen atoms in total. The first-order valence-electron chi connectivity index (χ1n) is 5.79. The maximum Gasteiger partial charge on any atom is 0.243 e. The summed E-state index contributed by atoms with van der Waals surface area (Å²) in [6.07, 6.45) is 0.573. The standard InChI is InChI=1S/C12H16N4O2/c1-18-8-9(6-7-17)13-12-14-10-4-2-3-5-11(10)15-16-12/h2-5,9,17H,6-8H2,1H3,(H,13,14,16). The molecule has 0 bridgehead atoms. The van der Waals surface area contributed by atoms with Gasteiger partial charge in [0.05, 0.1) is 18.2 Å². The molecular weight excluding hydrogens is 232 g/mol. The fraction of sp³-hybridized carbons (Fsp3) is 0.417. The Morgan fingerprint density at radius 3 is 2.78 bits per heavy atom. The molecule has 0 aliphatic carbocycles. The number of aliphatic hydroxyl groups excluding tert-OH is 1. The van der Waals surface area contributed by atoms with Crippen molar-refractivity contribution in [3.05, 3.63) is 24.3 Å². The highest BCUT2D eigenvalue weighted by molar-refractivity contribution is 5.74. The SMILES string of the molecule is COCC(CCO)Nc1nnc2ccccc2n1. The molecule has 0 radical (unpaired) electrons. The number of ether oxygens (including phenoxy) is 1. The number of hydrogen-bond donors (Lipinski definition) is 2. The van der Waals surface area contributed by atoms with E-state index in [1.54, 1.807) is 7.11 Å². The number of rotatable bonds is 6. The van der Waals surface area contributed by atoms with Gasteiger partial charge in [0.2, 0.25) is 5.95 Å². The minimum atomic E-state index is -0.0250. The predicted octanol–water partition coefficient (Wildman–Crippen LogP) is 0.834. The van der Waals surface area contributed by atoms with Crippen molar-refractivity contribution < 1.29 is 9.84 Å². The molecule has 2 aromatic rings. The summed E-state index contributed by atoms with van der Waals surface area (Å²) < 4.78 is 5.07. The van der Waals surface area contributed by atoms with E-state index in [0.29, 0.717) is 19.0 Å². The van der Waals surface area contributed by atoms with Gasteiger partial charge < -0.3 is 15.2 Å². The molecule has 0 fully saturated rings. The Balaban J connectivity index is 2.14. The molecule has 1 aromatic heterocycles. The number of nitrogens with zero attached hydrogens (tertiary/aromatic N) is 3. The number of methoxy groups -OCH3 is 1. The third-order valence-electron chi connectivity index (χ3n) is 2.54. The van der Waals surface area contributed by atoms with Crippen LogP contribution in [0.2, 0.25) is 0 Å². The number of fused-ring (bicyclic) bond motifs is 1. The summed E-state index contributed by atoms with van der Waals surface area (Å²) in [5, 5.41) is 20.1. The molecule has 1 aromatic carbocycles. The second-order valence-electron chi connectivity index (χ2n) is 3.93. The van der Waals surface area contributed by atoms with Crippen molar-refractivity contribution in [2.75, 3.05) is 25.6 Å². The second-order valence-corrected chi connectivity index (χ2v) is 3.93. The number of aliphatic hydroxyl groups is 1. The molecule has 1 unspecified atom stereocenters. The van der Waals surface area contributed by atoms with Crippen LogP contribution >= 0.6 is 0 Å². The van der Waals surface area contributed by atoms with E-state index in [1.807, 2.05) is 24.3 Å². The summed E-state index contributed by atoms with van der Waals surface area (Å²) in [5.74, 6) is 0.448. The summed E-state index contributed by atoms with van der Waals surface area (Å²) in [6, 6.07) is 7.52. The van der Waals surface area contributed by atoms with Crippen molar-refractivity contribution in [2.24, 2.45) is 0 Å². The van der Waals surface area contributed by atoms with Crippen LogP contribution in [0, 0.1) is 0 Å². The van der Waals surface area contributed by atoms with Gasteiger partial charge in [0.1, 0.15) is 5.52 Å². The van der Waals surface area contributed by atoms with Gasteiger partial charge in [-0.15, -0.1) is 10.2 Å². The molecule has 0 aliphatic heterocycles. The Labute approximate surface area is 105 Å². The van der Waals surface area contributed by atoms with Gasteiger partial charge in [0, 0.05) is 13.7 Å². The van der Waals surface area contributed by atoms with Crippen LogP contribution in [0.1, 0.15) is 6.42 Å². The molecule has 96 valence electrons. The summed E-state index contributed by atoms with van der Waals surface area (Å²) in [7, 11) is 1.62. The summed E-state index contributed by atoms with van der Waals surface area (Å²) in [5.41, 5.74) is 1.55. The molecule has 0 amide bonds. The maximum atomic E-state index is 8.96. The minimum Gasteiger partial charge on any atom is -0.396 e. The lowest BCUT2D eigenvalue weighted by Gasteiger charge is -2.16. The van der Waals surface area contributed by atoms with Crippen LogP contribution in [0.3, 0.4) is 0 Å². The molecule has 1 atom stereocenters. The van der Waals surface area contributed by atoms with Gasteiger partial charge in [0.25, 0.3) is 0 Å². The van der Waals surface area contributed by atoms with Gasteiger partial charge in [-0.3, -0.25) is 0 Å². The highest BCUT2D eigenvalue weighted by Gasteiger charge is 2.10. The highest BCUT2D eigenvalue weighted by atomic mass is 16.5. The summed E-state index contributed by atoms with van der Waals surface area (Å²) in [6.45, 7) is 0.568. The van der Waals surface area contributed by atoms with E-state index < -0.39 is 0 Å². The quantitative estimate of drug-likeness (QED) is 0.788. The Bertz CT molecular complexity index is 500. The number of benzene rings is 1. The molecule has 2 N–H and O–H groups in total. The van der Waals surface area contributed by atoms with Crippen LogP contribution in [0.5, 0.6) is 0 Å². The van der Waals surface area contributed by atoms with Crippen LogP contribution in [0.4, 0.5) is 5.95 Å². The molecule has 0 spiro atoms. The van der Waals surface area contributed by atoms with Crippen LogP contribution in [-0.2, 0) is 4.74 Å². The maximum absolute atomic E-state index is 8.96. The molecule has 6 heteroatoms. The lowest BCUT2D eigenvalue weighted by atomic mass is 10.2. The number of para-hydroxylation sites is 1. The van der Waals surface area contributed by atoms with Crippen molar-refractivity contribution in [3.63, 3.8) is 0 Å². The van der Waals surface area contributed by atoms with Crippen molar-refractivity contribution >= 4 is 17.0 Å². The van der Waals surface area contributed by atoms with E-state index in [1.165, 1.54) is 0 Å². The topological polar surface area (TPSA) is 80.2 Å². The molecule has 1 heterocycles. The lowest BCUT2D eigenvalue weighted by Crippen LogP contribution is -2.27. The first-order chi connectivity index (χ1) is 8.83. The number of nitrogens with one attached hydrogen (secondary N) is 1. The van der Waals surface area contributed by atoms with Crippen molar-refractivity contribution in [1.29, 1.82) is 0 Å². The van der Waals surface area contributed by atoms with Crippen molar-refractivity contribution in [2.45, 2.75) is 12.5 Å². The lowest BCUT2D eigenvalue weighted by molar-refractivity contribution is 0.170. The third kappa shape index (κ3) is 3.12. The van der Waals surface area contributed by atoms with Crippen LogP contribution in [0.15, 0.2) is 24.3 Å². The zero-order chi connectivity index (χ0) is 12.8. The highest BCUT2D eigenvalue weighted by Crippen LogP contribution is 2.10. The molecule has 0 saturated carbocycles. The first kappa shape index (κ1) is 12.7. The zero-order valence-corrected chi connectivity index (χ0v) is 10.2. The van der Waals surface area contributed by atoms with E-state index in [0.717, 1.165) is 11.0 Å². The van der Waals surface area contributed by atoms with Crippen LogP contribution in [0.25, 0.3) is 11.0 Å². The average Bonchev–Trinajstić information content (AvgIpc) is 2.39. The van der Waals surface area contributed by atoms with E-state index >= 15 is 0 Å². The summed E-state index contributed by atoms with van der Waals surface area (Å²) in [4.78, 5) is 4.36. The fourth-order valence-electron chi connectivity index (χ4n) is 1.68. The molecule has 0 saturated heterocycles. The van der Waals surface area contributed by atoms with E-state index in [-0.39, 0.29) is 12.6 Å². The van der Waals surface area contributed by atoms with Gasteiger partial charge in [-0.2, -0.15) is 0 Å². The third-order valence-corrected chi connectivity index (χ3v) is 2.54. The summed E-state index contributed by atoms with van der Waals surface area (Å²) >= 11 is 0. The number of aromatic nitrogens is 3. The minimum absolute atomic E-state index is 0.0250. The Hall–Kier alpha value is -1.79. The second kappa shape index (κ2) is 6.23. The molecular formula is C12H16N4O2. The fourth-order valence-corrected chi connectivity index (χ4v) is 1.68. The smallest absolute Gasteiger partial charge is 0.243 e. The van der Waals surface area contributed by atoms with Crippen molar-refractivity contribution in [3.8, 4) is 0 Å². The Kier molecular flexibility index (Phi) is 4.38. The van der Waals surface area contributed by atoms with Crippen molar-refractivity contribution in [1.82, 2.24) is 15.2 Å². The first-order valence-corrected chi connectivity index (χ1v) is 5.79. The Morgan fingerprint density at radius 1 is 1.28 bits per heavy atom. The molecule has 0 aliphatic rings. The molecule has 18 heavy (non-hydrogen) atoms. The van der Waals surface area contributed by atoms with Gasteiger partial charge in [0.15, 0.2) is 0 Å². The largest absolute Gasteiger partial charge is 0.396 e. The van der Waals surface area contributed by atoms with Gasteiger partial charge in [-0.1, -0.05) is 12.1 Å². The van der Waals surface area contributed by atoms with E-state index in [9.17, 15) is 0 Å². The number of anilines is 1. The zero-order valence-electron chi connectivity index (χ0n) is 10.2. The van der Waals surface area contributed by atoms with E-state index in [2.05, 4.69) is 20.5 Å². The van der Waals surface area contributed by atoms with Gasteiger partial charge in [-0.05, 0) is 18.6 Å². The predicted molar refractivity (Wildman–Crippen MR) is 68.3 cm³/mol. The average molecular weight is 248 g/mol. The van der Waals surface area contributed by atoms with Gasteiger partial charge in [-0.25, -0.2) is 4.98 Å². The van der Waals surface area contributed by atoms with Gasteiger partial charge >= 0.3 is 0 Å². The van der Waals surface area contributed by atoms with Crippen LogP contribution in [-0.4, -0.2) is 46.7 Å². The van der Waals surface area contributed by atoms with Crippen LogP contribution < -0.4 is 5.32 Å². The molecule has 2 rings (SSSR count). The Morgan fingerprint density at radius 2 is 2.06 bits per heavy atom. The van der Waals surface area contributed by atoms with E-state index in [4.69, 9.17) is 9.84 Å². The monoisotopic (exact) mass is 248 g/mol. The normalized spacial score (nSPS) is 12.6.